The van der Waals surface area contributed by atoms with Crippen LogP contribution in [0.25, 0.3) is 0 Å². The first-order valence-corrected chi connectivity index (χ1v) is 3.01. The van der Waals surface area contributed by atoms with Gasteiger partial charge in [-0.15, -0.1) is 6.58 Å². The highest BCUT2D eigenvalue weighted by atomic mass is 16.3. The zero-order valence-electron chi connectivity index (χ0n) is 5.71. The lowest BCUT2D eigenvalue weighted by atomic mass is 10.2. The summed E-state index contributed by atoms with van der Waals surface area (Å²) in [5, 5.41) is 8.91. The Labute approximate surface area is 59.7 Å². The van der Waals surface area contributed by atoms with Crippen LogP contribution in [0.4, 0.5) is 0 Å². The Balaban J connectivity index is 3.50. The molecule has 0 aromatic carbocycles. The number of aliphatic hydroxyl groups is 1. The number of carbonyl (C=O) groups is 1. The number of carbonyl (C=O) groups excluding carboxylic acids is 1. The standard InChI is InChI=1S/C6H12N2O2/c1-2-3-4-5(9)6(10)8-7/h2,5,9H,1,3-4,7H2,(H,8,10). The Morgan fingerprint density at radius 1 is 1.90 bits per heavy atom. The Morgan fingerprint density at radius 3 is 2.90 bits per heavy atom. The van der Waals surface area contributed by atoms with Crippen molar-refractivity contribution >= 4 is 5.91 Å². The number of hydrogen-bond donors (Lipinski definition) is 3. The molecular weight excluding hydrogens is 132 g/mol. The Bertz CT molecular complexity index is 125. The van der Waals surface area contributed by atoms with Crippen molar-refractivity contribution in [2.24, 2.45) is 5.84 Å². The number of nitrogens with two attached hydrogens (primary N) is 1. The molecule has 0 aromatic heterocycles. The molecule has 0 fully saturated rings. The van der Waals surface area contributed by atoms with E-state index in [0.29, 0.717) is 12.8 Å². The molecule has 0 aromatic rings. The summed E-state index contributed by atoms with van der Waals surface area (Å²) in [6.07, 6.45) is 1.59. The molecule has 10 heavy (non-hydrogen) atoms. The fraction of sp³-hybridized carbons (Fsp3) is 0.500. The van der Waals surface area contributed by atoms with Crippen molar-refractivity contribution < 1.29 is 9.90 Å². The summed E-state index contributed by atoms with van der Waals surface area (Å²) < 4.78 is 0. The maximum atomic E-state index is 10.5. The molecule has 0 rings (SSSR count). The SMILES string of the molecule is C=CCCC(O)C(=O)NN. The van der Waals surface area contributed by atoms with Crippen LogP contribution < -0.4 is 11.3 Å². The van der Waals surface area contributed by atoms with Gasteiger partial charge in [-0.25, -0.2) is 5.84 Å². The van der Waals surface area contributed by atoms with E-state index in [-0.39, 0.29) is 0 Å². The van der Waals surface area contributed by atoms with E-state index in [1.54, 1.807) is 6.08 Å². The van der Waals surface area contributed by atoms with Gasteiger partial charge in [0.1, 0.15) is 6.10 Å². The summed E-state index contributed by atoms with van der Waals surface area (Å²) in [4.78, 5) is 10.5. The van der Waals surface area contributed by atoms with E-state index < -0.39 is 12.0 Å². The lowest BCUT2D eigenvalue weighted by Gasteiger charge is -2.05. The summed E-state index contributed by atoms with van der Waals surface area (Å²) in [5.74, 6) is 4.21. The molecule has 0 aliphatic heterocycles. The molecule has 0 aliphatic carbocycles. The highest BCUT2D eigenvalue weighted by Gasteiger charge is 2.10. The van der Waals surface area contributed by atoms with Gasteiger partial charge in [-0.05, 0) is 12.8 Å². The second-order valence-electron chi connectivity index (χ2n) is 1.89. The topological polar surface area (TPSA) is 75.3 Å². The molecule has 0 spiro atoms. The van der Waals surface area contributed by atoms with Crippen LogP contribution in [-0.4, -0.2) is 17.1 Å². The minimum atomic E-state index is -1.01. The second kappa shape index (κ2) is 4.96. The minimum Gasteiger partial charge on any atom is -0.383 e. The number of hydrogen-bond acceptors (Lipinski definition) is 3. The van der Waals surface area contributed by atoms with Gasteiger partial charge in [0.2, 0.25) is 0 Å². The highest BCUT2D eigenvalue weighted by Crippen LogP contribution is 1.96. The predicted octanol–water partition coefficient (Wildman–Crippen LogP) is -0.697. The van der Waals surface area contributed by atoms with Crippen LogP contribution in [-0.2, 0) is 4.79 Å². The Morgan fingerprint density at radius 2 is 2.50 bits per heavy atom. The van der Waals surface area contributed by atoms with Crippen molar-refractivity contribution in [2.45, 2.75) is 18.9 Å². The van der Waals surface area contributed by atoms with Gasteiger partial charge in [0.25, 0.3) is 5.91 Å². The molecule has 0 saturated carbocycles. The minimum absolute atomic E-state index is 0.368. The first-order valence-electron chi connectivity index (χ1n) is 3.01. The maximum Gasteiger partial charge on any atom is 0.262 e. The molecule has 0 bridgehead atoms. The smallest absolute Gasteiger partial charge is 0.262 e. The average molecular weight is 144 g/mol. The molecule has 0 radical (unpaired) electrons. The first-order chi connectivity index (χ1) is 4.72. The van der Waals surface area contributed by atoms with Crippen molar-refractivity contribution in [2.75, 3.05) is 0 Å². The first kappa shape index (κ1) is 9.13. The van der Waals surface area contributed by atoms with E-state index in [1.165, 1.54) is 0 Å². The number of allylic oxidation sites excluding steroid dienone is 1. The molecule has 1 amide bonds. The van der Waals surface area contributed by atoms with Gasteiger partial charge >= 0.3 is 0 Å². The average Bonchev–Trinajstić information content (AvgIpc) is 1.98. The highest BCUT2D eigenvalue weighted by molar-refractivity contribution is 5.79. The van der Waals surface area contributed by atoms with Crippen LogP contribution in [0.3, 0.4) is 0 Å². The van der Waals surface area contributed by atoms with Crippen LogP contribution >= 0.6 is 0 Å². The summed E-state index contributed by atoms with van der Waals surface area (Å²) in [6, 6.07) is 0. The molecular formula is C6H12N2O2. The van der Waals surface area contributed by atoms with Crippen molar-refractivity contribution in [1.29, 1.82) is 0 Å². The molecule has 0 aliphatic rings. The zero-order valence-corrected chi connectivity index (χ0v) is 5.71. The molecule has 4 heteroatoms. The van der Waals surface area contributed by atoms with Crippen LogP contribution in [0.1, 0.15) is 12.8 Å². The lowest BCUT2D eigenvalue weighted by Crippen LogP contribution is -2.38. The van der Waals surface area contributed by atoms with Crippen LogP contribution in [0, 0.1) is 0 Å². The number of aliphatic hydroxyl groups excluding tert-OH is 1. The summed E-state index contributed by atoms with van der Waals surface area (Å²) >= 11 is 0. The van der Waals surface area contributed by atoms with Crippen molar-refractivity contribution in [3.8, 4) is 0 Å². The third kappa shape index (κ3) is 3.21. The van der Waals surface area contributed by atoms with E-state index in [4.69, 9.17) is 10.9 Å². The molecule has 0 heterocycles. The predicted molar refractivity (Wildman–Crippen MR) is 37.8 cm³/mol. The van der Waals surface area contributed by atoms with E-state index >= 15 is 0 Å². The summed E-state index contributed by atoms with van der Waals surface area (Å²) in [6.45, 7) is 3.44. The fourth-order valence-electron chi connectivity index (χ4n) is 0.503. The number of rotatable bonds is 4. The third-order valence-corrected chi connectivity index (χ3v) is 1.09. The fourth-order valence-corrected chi connectivity index (χ4v) is 0.503. The van der Waals surface area contributed by atoms with Gasteiger partial charge < -0.3 is 5.11 Å². The van der Waals surface area contributed by atoms with E-state index in [0.717, 1.165) is 0 Å². The quantitative estimate of drug-likeness (QED) is 0.211. The molecule has 1 atom stereocenters. The largest absolute Gasteiger partial charge is 0.383 e. The van der Waals surface area contributed by atoms with Gasteiger partial charge in [-0.3, -0.25) is 10.2 Å². The van der Waals surface area contributed by atoms with E-state index in [1.807, 2.05) is 5.43 Å². The van der Waals surface area contributed by atoms with Crippen molar-refractivity contribution in [3.05, 3.63) is 12.7 Å². The van der Waals surface area contributed by atoms with Crippen LogP contribution in [0.2, 0.25) is 0 Å². The molecule has 4 N–H and O–H groups in total. The summed E-state index contributed by atoms with van der Waals surface area (Å²) in [7, 11) is 0. The molecule has 1 unspecified atom stereocenters. The van der Waals surface area contributed by atoms with Crippen molar-refractivity contribution in [3.63, 3.8) is 0 Å². The maximum absolute atomic E-state index is 10.5. The van der Waals surface area contributed by atoms with E-state index in [2.05, 4.69) is 6.58 Å². The lowest BCUT2D eigenvalue weighted by molar-refractivity contribution is -0.129. The molecule has 4 nitrogen and oxygen atoms in total. The van der Waals surface area contributed by atoms with Crippen molar-refractivity contribution in [1.82, 2.24) is 5.43 Å². The number of hydrazine groups is 1. The Kier molecular flexibility index (Phi) is 4.53. The van der Waals surface area contributed by atoms with Gasteiger partial charge in [-0.1, -0.05) is 6.08 Å². The van der Waals surface area contributed by atoms with Gasteiger partial charge in [-0.2, -0.15) is 0 Å². The second-order valence-corrected chi connectivity index (χ2v) is 1.89. The number of nitrogens with one attached hydrogen (secondary N) is 1. The monoisotopic (exact) mass is 144 g/mol. The van der Waals surface area contributed by atoms with Gasteiger partial charge in [0, 0.05) is 0 Å². The van der Waals surface area contributed by atoms with Gasteiger partial charge in [0.15, 0.2) is 0 Å². The number of amides is 1. The summed E-state index contributed by atoms with van der Waals surface area (Å²) in [5.41, 5.74) is 1.85. The molecule has 58 valence electrons. The molecule has 0 saturated heterocycles. The van der Waals surface area contributed by atoms with Crippen LogP contribution in [0.5, 0.6) is 0 Å². The third-order valence-electron chi connectivity index (χ3n) is 1.09. The van der Waals surface area contributed by atoms with Gasteiger partial charge in [0.05, 0.1) is 0 Å². The normalized spacial score (nSPS) is 12.2. The van der Waals surface area contributed by atoms with Crippen LogP contribution in [0.15, 0.2) is 12.7 Å². The van der Waals surface area contributed by atoms with E-state index in [9.17, 15) is 4.79 Å². The zero-order chi connectivity index (χ0) is 7.98. The Hall–Kier alpha value is -0.870.